The first kappa shape index (κ1) is 48.3. The van der Waals surface area contributed by atoms with E-state index < -0.39 is 59.0 Å². The molecule has 0 bridgehead atoms. The molecule has 0 fully saturated rings. The molecule has 0 saturated carbocycles. The molecule has 2 aromatic heterocycles. The molecular weight excluding hydrogens is 880 g/mol. The number of hydrogen-bond acceptors (Lipinski definition) is 8. The van der Waals surface area contributed by atoms with Gasteiger partial charge in [0.1, 0.15) is 5.82 Å². The number of Topliss-reactive ketones (excluding diaryl/α,β-unsaturated/α-hetero) is 2. The molecule has 0 spiro atoms. The van der Waals surface area contributed by atoms with Gasteiger partial charge in [-0.15, -0.1) is 0 Å². The van der Waals surface area contributed by atoms with Crippen LogP contribution in [0.1, 0.15) is 24.0 Å². The Morgan fingerprint density at radius 2 is 0.826 bits per heavy atom. The number of fused-ring (bicyclic) bond motifs is 2. The molecule has 350 valence electrons. The summed E-state index contributed by atoms with van der Waals surface area (Å²) in [6.45, 7) is -0.843. The number of rotatable bonds is 16. The SMILES string of the molecule is CN(C(=O)[C@@H](CC(=O)Cn1c(=O)[nH]c2ccccc2c1=O)Cc1ccccc1)c1ccc(F)cc1.CN(C(=O)[C@@H](CC(=O)Cn1c(=O)[nH]c2ccccc2c1=O)Cc1ccccc1)c1ccccc1. The maximum absolute atomic E-state index is 13.4. The van der Waals surface area contributed by atoms with Gasteiger partial charge < -0.3 is 19.8 Å². The number of aromatic amines is 2. The molecule has 2 N–H and O–H groups in total. The lowest BCUT2D eigenvalue weighted by molar-refractivity contribution is -0.127. The van der Waals surface area contributed by atoms with E-state index in [0.29, 0.717) is 40.3 Å². The number of H-pyrrole nitrogens is 2. The summed E-state index contributed by atoms with van der Waals surface area (Å²) in [4.78, 5) is 112. The zero-order valence-corrected chi connectivity index (χ0v) is 37.9. The van der Waals surface area contributed by atoms with Gasteiger partial charge in [0.25, 0.3) is 11.1 Å². The lowest BCUT2D eigenvalue weighted by atomic mass is 9.92. The van der Waals surface area contributed by atoms with E-state index in [-0.39, 0.29) is 30.4 Å². The zero-order chi connectivity index (χ0) is 49.0. The predicted molar refractivity (Wildman–Crippen MR) is 264 cm³/mol. The van der Waals surface area contributed by atoms with Crippen LogP contribution < -0.4 is 32.3 Å². The standard InChI is InChI=1S/C27H24FN3O4.C27H25N3O4/c1-30(21-13-11-20(28)12-14-21)25(33)19(15-18-7-3-2-4-8-18)16-22(32)17-31-26(34)23-9-5-6-10-24(23)29-27(31)35;1-29(21-12-6-3-7-13-21)25(32)20(16-19-10-4-2-5-11-19)17-22(31)18-30-26(33)23-14-8-9-15-24(23)28-27(30)34/h2-14,19H,15-17H2,1H3,(H,29,35);2-15,20H,16-18H2,1H3,(H,28,34)/t19-;20-/m11/s1. The van der Waals surface area contributed by atoms with Crippen molar-refractivity contribution in [2.75, 3.05) is 23.9 Å². The van der Waals surface area contributed by atoms with Crippen LogP contribution in [0.4, 0.5) is 15.8 Å². The molecule has 0 aliphatic rings. The normalized spacial score (nSPS) is 11.8. The second kappa shape index (κ2) is 22.3. The van der Waals surface area contributed by atoms with E-state index in [1.54, 1.807) is 62.6 Å². The molecule has 2 atom stereocenters. The Hall–Kier alpha value is -8.59. The molecule has 14 nitrogen and oxygen atoms in total. The number of para-hydroxylation sites is 3. The van der Waals surface area contributed by atoms with Gasteiger partial charge in [-0.2, -0.15) is 0 Å². The molecule has 0 unspecified atom stereocenters. The number of nitrogens with one attached hydrogen (secondary N) is 2. The van der Waals surface area contributed by atoms with E-state index in [0.717, 1.165) is 25.9 Å². The minimum Gasteiger partial charge on any atom is -0.315 e. The Balaban J connectivity index is 0.000000204. The molecule has 8 rings (SSSR count). The van der Waals surface area contributed by atoms with Gasteiger partial charge in [0.2, 0.25) is 11.8 Å². The fraction of sp³-hybridized carbons (Fsp3) is 0.185. The van der Waals surface area contributed by atoms with Crippen LogP contribution in [0.5, 0.6) is 0 Å². The highest BCUT2D eigenvalue weighted by atomic mass is 19.1. The number of carbonyl (C=O) groups is 4. The molecule has 2 heterocycles. The van der Waals surface area contributed by atoms with Gasteiger partial charge in [0, 0.05) is 50.1 Å². The van der Waals surface area contributed by atoms with Gasteiger partial charge in [0.05, 0.1) is 34.9 Å². The lowest BCUT2D eigenvalue weighted by Gasteiger charge is -2.24. The van der Waals surface area contributed by atoms with E-state index in [4.69, 9.17) is 0 Å². The monoisotopic (exact) mass is 928 g/mol. The van der Waals surface area contributed by atoms with Crippen molar-refractivity contribution in [3.8, 4) is 0 Å². The molecule has 0 radical (unpaired) electrons. The average molecular weight is 929 g/mol. The number of aromatic nitrogens is 4. The van der Waals surface area contributed by atoms with Crippen molar-refractivity contribution in [3.05, 3.63) is 222 Å². The minimum atomic E-state index is -0.741. The first-order valence-corrected chi connectivity index (χ1v) is 22.2. The van der Waals surface area contributed by atoms with Gasteiger partial charge in [0.15, 0.2) is 11.6 Å². The van der Waals surface area contributed by atoms with Crippen molar-refractivity contribution in [1.29, 1.82) is 0 Å². The molecular formula is C54H49FN6O8. The quantitative estimate of drug-likeness (QED) is 0.110. The second-order valence-corrected chi connectivity index (χ2v) is 16.6. The number of anilines is 2. The molecule has 2 amide bonds. The summed E-state index contributed by atoms with van der Waals surface area (Å²) < 4.78 is 15.1. The molecule has 0 aliphatic carbocycles. The van der Waals surface area contributed by atoms with E-state index >= 15 is 0 Å². The van der Waals surface area contributed by atoms with Gasteiger partial charge in [-0.05, 0) is 84.6 Å². The van der Waals surface area contributed by atoms with Gasteiger partial charge in [-0.25, -0.2) is 14.0 Å². The number of ketones is 2. The average Bonchev–Trinajstić information content (AvgIpc) is 3.36. The highest BCUT2D eigenvalue weighted by Crippen LogP contribution is 2.23. The van der Waals surface area contributed by atoms with Crippen LogP contribution in [0.25, 0.3) is 21.8 Å². The van der Waals surface area contributed by atoms with Crippen molar-refractivity contribution in [2.24, 2.45) is 11.8 Å². The number of nitrogens with zero attached hydrogens (tertiary/aromatic N) is 4. The molecule has 69 heavy (non-hydrogen) atoms. The van der Waals surface area contributed by atoms with Crippen molar-refractivity contribution in [3.63, 3.8) is 0 Å². The molecule has 8 aromatic rings. The summed E-state index contributed by atoms with van der Waals surface area (Å²) in [6.07, 6.45) is 0.396. The Morgan fingerprint density at radius 1 is 0.478 bits per heavy atom. The summed E-state index contributed by atoms with van der Waals surface area (Å²) >= 11 is 0. The smallest absolute Gasteiger partial charge is 0.315 e. The maximum Gasteiger partial charge on any atom is 0.329 e. The summed E-state index contributed by atoms with van der Waals surface area (Å²) in [5.41, 5.74) is 1.40. The number of halogens is 1. The summed E-state index contributed by atoms with van der Waals surface area (Å²) in [5, 5.41) is 0.628. The summed E-state index contributed by atoms with van der Waals surface area (Å²) in [7, 11) is 3.25. The van der Waals surface area contributed by atoms with E-state index in [1.165, 1.54) is 34.1 Å². The molecule has 0 saturated heterocycles. The fourth-order valence-electron chi connectivity index (χ4n) is 8.13. The van der Waals surface area contributed by atoms with Gasteiger partial charge in [-0.3, -0.25) is 37.9 Å². The lowest BCUT2D eigenvalue weighted by Crippen LogP contribution is -2.39. The third kappa shape index (κ3) is 12.1. The van der Waals surface area contributed by atoms with E-state index in [1.807, 2.05) is 91.0 Å². The summed E-state index contributed by atoms with van der Waals surface area (Å²) in [6, 6.07) is 46.7. The third-order valence-corrected chi connectivity index (χ3v) is 11.8. The largest absolute Gasteiger partial charge is 0.329 e. The van der Waals surface area contributed by atoms with Crippen LogP contribution in [-0.2, 0) is 45.1 Å². The van der Waals surface area contributed by atoms with Crippen molar-refractivity contribution >= 4 is 56.6 Å². The van der Waals surface area contributed by atoms with Crippen LogP contribution >= 0.6 is 0 Å². The number of benzene rings is 6. The van der Waals surface area contributed by atoms with Gasteiger partial charge in [-0.1, -0.05) is 103 Å². The predicted octanol–water partition coefficient (Wildman–Crippen LogP) is 6.48. The Kier molecular flexibility index (Phi) is 15.6. The fourth-order valence-corrected chi connectivity index (χ4v) is 8.13. The molecule has 0 aliphatic heterocycles. The Labute approximate surface area is 394 Å². The first-order chi connectivity index (χ1) is 33.3. The topological polar surface area (TPSA) is 184 Å². The van der Waals surface area contributed by atoms with Crippen molar-refractivity contribution in [1.82, 2.24) is 19.1 Å². The molecule has 6 aromatic carbocycles. The van der Waals surface area contributed by atoms with Crippen LogP contribution in [0.2, 0.25) is 0 Å². The van der Waals surface area contributed by atoms with E-state index in [2.05, 4.69) is 9.97 Å². The third-order valence-electron chi connectivity index (χ3n) is 11.8. The molecule has 15 heteroatoms. The second-order valence-electron chi connectivity index (χ2n) is 16.6. The highest BCUT2D eigenvalue weighted by Gasteiger charge is 2.28. The zero-order valence-electron chi connectivity index (χ0n) is 37.9. The van der Waals surface area contributed by atoms with E-state index in [9.17, 15) is 42.7 Å². The highest BCUT2D eigenvalue weighted by molar-refractivity contribution is 5.98. The maximum atomic E-state index is 13.4. The number of hydrogen-bond donors (Lipinski definition) is 2. The van der Waals surface area contributed by atoms with Crippen LogP contribution in [0.15, 0.2) is 183 Å². The van der Waals surface area contributed by atoms with Crippen molar-refractivity contribution < 1.29 is 23.6 Å². The summed E-state index contributed by atoms with van der Waals surface area (Å²) in [5.74, 6) is -3.12. The Bertz CT molecular complexity index is 3350. The van der Waals surface area contributed by atoms with Crippen LogP contribution in [0.3, 0.4) is 0 Å². The Morgan fingerprint density at radius 3 is 1.23 bits per heavy atom. The van der Waals surface area contributed by atoms with Crippen molar-refractivity contribution in [2.45, 2.75) is 38.8 Å². The first-order valence-electron chi connectivity index (χ1n) is 22.2. The van der Waals surface area contributed by atoms with Crippen LogP contribution in [-0.4, -0.2) is 56.6 Å². The number of amides is 2. The minimum absolute atomic E-state index is 0.0936. The number of carbonyl (C=O) groups excluding carboxylic acids is 4. The van der Waals surface area contributed by atoms with Crippen LogP contribution in [0, 0.1) is 17.7 Å². The van der Waals surface area contributed by atoms with Gasteiger partial charge >= 0.3 is 11.4 Å².